The van der Waals surface area contributed by atoms with Crippen LogP contribution in [-0.2, 0) is 24.0 Å². The fourth-order valence-electron chi connectivity index (χ4n) is 3.58. The summed E-state index contributed by atoms with van der Waals surface area (Å²) in [6.07, 6.45) is 0.195. The second-order valence-corrected chi connectivity index (χ2v) is 8.14. The third-order valence-corrected chi connectivity index (χ3v) is 5.45. The summed E-state index contributed by atoms with van der Waals surface area (Å²) in [7, 11) is 0. The van der Waals surface area contributed by atoms with Gasteiger partial charge in [0.15, 0.2) is 0 Å². The molecule has 188 valence electrons. The maximum Gasteiger partial charge on any atom is 0.326 e. The molecule has 0 aliphatic carbocycles. The average Bonchev–Trinajstić information content (AvgIpc) is 3.24. The fraction of sp³-hybridized carbons (Fsp3) is 0.750. The molecule has 1 saturated heterocycles. The first-order valence-electron chi connectivity index (χ1n) is 11.0. The molecule has 13 heteroatoms. The number of nitrogens with one attached hydrogen (secondary N) is 2. The number of aliphatic hydroxyl groups is 1. The molecule has 0 radical (unpaired) electrons. The van der Waals surface area contributed by atoms with E-state index in [4.69, 9.17) is 16.6 Å². The minimum atomic E-state index is -1.45. The molecule has 3 amide bonds. The first kappa shape index (κ1) is 28.3. The van der Waals surface area contributed by atoms with Crippen LogP contribution in [0.4, 0.5) is 0 Å². The van der Waals surface area contributed by atoms with E-state index in [0.717, 1.165) is 4.90 Å². The SMILES string of the molecule is CC(O)C(NC(=O)C(N)CCCCN)C(=O)NC(CCC(=O)O)C(=O)N1CCCC1C(=O)O. The van der Waals surface area contributed by atoms with E-state index < -0.39 is 66.4 Å². The van der Waals surface area contributed by atoms with Gasteiger partial charge in [0.25, 0.3) is 0 Å². The molecular weight excluding hydrogens is 438 g/mol. The molecule has 1 rings (SSSR count). The number of carboxylic acid groups (broad SMARTS) is 2. The number of nitrogens with zero attached hydrogens (tertiary/aromatic N) is 1. The van der Waals surface area contributed by atoms with Crippen molar-refractivity contribution in [2.24, 2.45) is 11.5 Å². The Hall–Kier alpha value is -2.77. The van der Waals surface area contributed by atoms with Crippen molar-refractivity contribution in [1.29, 1.82) is 0 Å². The number of aliphatic hydroxyl groups excluding tert-OH is 1. The molecule has 5 atom stereocenters. The Morgan fingerprint density at radius 2 is 1.73 bits per heavy atom. The number of rotatable bonds is 14. The maximum atomic E-state index is 13.0. The number of likely N-dealkylation sites (tertiary alicyclic amines) is 1. The van der Waals surface area contributed by atoms with Gasteiger partial charge in [0.1, 0.15) is 18.1 Å². The molecule has 1 aliphatic rings. The van der Waals surface area contributed by atoms with Crippen LogP contribution in [0.15, 0.2) is 0 Å². The lowest BCUT2D eigenvalue weighted by Crippen LogP contribution is -2.59. The highest BCUT2D eigenvalue weighted by Gasteiger charge is 2.39. The normalized spacial score (nSPS) is 19.3. The van der Waals surface area contributed by atoms with Crippen molar-refractivity contribution in [1.82, 2.24) is 15.5 Å². The molecule has 0 aromatic rings. The van der Waals surface area contributed by atoms with Crippen molar-refractivity contribution in [2.75, 3.05) is 13.1 Å². The van der Waals surface area contributed by atoms with Crippen LogP contribution in [0.2, 0.25) is 0 Å². The summed E-state index contributed by atoms with van der Waals surface area (Å²) in [4.78, 5) is 61.7. The Morgan fingerprint density at radius 1 is 1.06 bits per heavy atom. The van der Waals surface area contributed by atoms with Gasteiger partial charge >= 0.3 is 11.9 Å². The number of carboxylic acids is 2. The Kier molecular flexibility index (Phi) is 11.7. The number of unbranched alkanes of at least 4 members (excludes halogenated alkanes) is 1. The Bertz CT molecular complexity index is 717. The van der Waals surface area contributed by atoms with Crippen LogP contribution < -0.4 is 22.1 Å². The maximum absolute atomic E-state index is 13.0. The lowest BCUT2D eigenvalue weighted by molar-refractivity contribution is -0.150. The largest absolute Gasteiger partial charge is 0.481 e. The van der Waals surface area contributed by atoms with E-state index in [0.29, 0.717) is 32.2 Å². The predicted octanol–water partition coefficient (Wildman–Crippen LogP) is -2.27. The molecule has 13 nitrogen and oxygen atoms in total. The number of nitrogens with two attached hydrogens (primary N) is 2. The number of amides is 3. The number of hydrogen-bond donors (Lipinski definition) is 7. The van der Waals surface area contributed by atoms with E-state index in [1.54, 1.807) is 0 Å². The summed E-state index contributed by atoms with van der Waals surface area (Å²) in [5, 5.41) is 33.1. The van der Waals surface area contributed by atoms with Gasteiger partial charge in [0.2, 0.25) is 17.7 Å². The Morgan fingerprint density at radius 3 is 2.27 bits per heavy atom. The van der Waals surface area contributed by atoms with Gasteiger partial charge in [-0.2, -0.15) is 0 Å². The summed E-state index contributed by atoms with van der Waals surface area (Å²) in [6.45, 7) is 1.86. The van der Waals surface area contributed by atoms with E-state index in [1.165, 1.54) is 6.92 Å². The zero-order valence-electron chi connectivity index (χ0n) is 18.7. The van der Waals surface area contributed by atoms with Gasteiger partial charge in [-0.05, 0) is 45.6 Å². The zero-order valence-corrected chi connectivity index (χ0v) is 18.7. The quantitative estimate of drug-likeness (QED) is 0.134. The van der Waals surface area contributed by atoms with Crippen molar-refractivity contribution in [3.63, 3.8) is 0 Å². The van der Waals surface area contributed by atoms with Crippen LogP contribution in [0.1, 0.15) is 51.9 Å². The van der Waals surface area contributed by atoms with Gasteiger partial charge in [-0.3, -0.25) is 19.2 Å². The van der Waals surface area contributed by atoms with Crippen molar-refractivity contribution >= 4 is 29.7 Å². The van der Waals surface area contributed by atoms with E-state index in [9.17, 15) is 34.2 Å². The smallest absolute Gasteiger partial charge is 0.326 e. The monoisotopic (exact) mass is 473 g/mol. The van der Waals surface area contributed by atoms with Gasteiger partial charge in [0, 0.05) is 13.0 Å². The third-order valence-electron chi connectivity index (χ3n) is 5.45. The summed E-state index contributed by atoms with van der Waals surface area (Å²) in [6, 6.07) is -4.80. The fourth-order valence-corrected chi connectivity index (χ4v) is 3.58. The van der Waals surface area contributed by atoms with Crippen molar-refractivity contribution in [2.45, 2.75) is 82.1 Å². The van der Waals surface area contributed by atoms with Crippen LogP contribution >= 0.6 is 0 Å². The Labute approximate surface area is 191 Å². The molecule has 0 spiro atoms. The molecular formula is C20H35N5O8. The number of aliphatic carboxylic acids is 2. The molecule has 9 N–H and O–H groups in total. The van der Waals surface area contributed by atoms with Gasteiger partial charge < -0.3 is 42.3 Å². The predicted molar refractivity (Wildman–Crippen MR) is 116 cm³/mol. The highest BCUT2D eigenvalue weighted by molar-refractivity contribution is 5.94. The van der Waals surface area contributed by atoms with E-state index in [2.05, 4.69) is 10.6 Å². The standard InChI is InChI=1S/C20H35N5O8/c1-11(26)16(24-17(29)12(22)5-2-3-9-21)18(30)23-13(7-8-15(27)28)19(31)25-10-4-6-14(25)20(32)33/h11-14,16,26H,2-10,21-22H2,1H3,(H,23,30)(H,24,29)(H,27,28)(H,32,33). The average molecular weight is 474 g/mol. The van der Waals surface area contributed by atoms with Crippen molar-refractivity contribution in [3.05, 3.63) is 0 Å². The first-order valence-corrected chi connectivity index (χ1v) is 11.0. The second-order valence-electron chi connectivity index (χ2n) is 8.14. The molecule has 0 saturated carbocycles. The molecule has 1 fully saturated rings. The van der Waals surface area contributed by atoms with Crippen LogP contribution in [0.25, 0.3) is 0 Å². The van der Waals surface area contributed by atoms with E-state index in [-0.39, 0.29) is 19.4 Å². The lowest BCUT2D eigenvalue weighted by Gasteiger charge is -2.29. The molecule has 1 aliphatic heterocycles. The van der Waals surface area contributed by atoms with Crippen molar-refractivity contribution in [3.8, 4) is 0 Å². The summed E-state index contributed by atoms with van der Waals surface area (Å²) in [5.74, 6) is -4.72. The van der Waals surface area contributed by atoms with E-state index in [1.807, 2.05) is 0 Å². The summed E-state index contributed by atoms with van der Waals surface area (Å²) < 4.78 is 0. The van der Waals surface area contributed by atoms with Gasteiger partial charge in [-0.25, -0.2) is 4.79 Å². The van der Waals surface area contributed by atoms with E-state index >= 15 is 0 Å². The first-order chi connectivity index (χ1) is 15.5. The summed E-state index contributed by atoms with van der Waals surface area (Å²) >= 11 is 0. The molecule has 0 bridgehead atoms. The Balaban J connectivity index is 2.93. The van der Waals surface area contributed by atoms with Crippen LogP contribution in [0, 0.1) is 0 Å². The molecule has 1 heterocycles. The molecule has 5 unspecified atom stereocenters. The minimum Gasteiger partial charge on any atom is -0.481 e. The number of carbonyl (C=O) groups excluding carboxylic acids is 3. The highest BCUT2D eigenvalue weighted by atomic mass is 16.4. The number of hydrogen-bond acceptors (Lipinski definition) is 8. The highest BCUT2D eigenvalue weighted by Crippen LogP contribution is 2.19. The molecule has 33 heavy (non-hydrogen) atoms. The van der Waals surface area contributed by atoms with Crippen LogP contribution in [-0.4, -0.2) is 93.2 Å². The van der Waals surface area contributed by atoms with Crippen LogP contribution in [0.3, 0.4) is 0 Å². The zero-order chi connectivity index (χ0) is 25.1. The van der Waals surface area contributed by atoms with Gasteiger partial charge in [-0.1, -0.05) is 6.42 Å². The lowest BCUT2D eigenvalue weighted by atomic mass is 10.1. The molecule has 0 aromatic heterocycles. The van der Waals surface area contributed by atoms with Gasteiger partial charge in [0.05, 0.1) is 12.1 Å². The minimum absolute atomic E-state index is 0.156. The molecule has 0 aromatic carbocycles. The van der Waals surface area contributed by atoms with Crippen molar-refractivity contribution < 1.29 is 39.3 Å². The summed E-state index contributed by atoms with van der Waals surface area (Å²) in [5.41, 5.74) is 11.2. The van der Waals surface area contributed by atoms with Crippen LogP contribution in [0.5, 0.6) is 0 Å². The number of carbonyl (C=O) groups is 5. The second kappa shape index (κ2) is 13.7. The topological polar surface area (TPSA) is 225 Å². The van der Waals surface area contributed by atoms with Gasteiger partial charge in [-0.15, -0.1) is 0 Å². The third kappa shape index (κ3) is 8.94.